The predicted octanol–water partition coefficient (Wildman–Crippen LogP) is 4.20. The molecule has 0 aliphatic carbocycles. The van der Waals surface area contributed by atoms with Gasteiger partial charge in [-0.2, -0.15) is 0 Å². The second kappa shape index (κ2) is 5.57. The molecule has 0 aliphatic heterocycles. The Balaban J connectivity index is 1.70. The lowest BCUT2D eigenvalue weighted by molar-refractivity contribution is 1.11. The van der Waals surface area contributed by atoms with Crippen molar-refractivity contribution in [3.63, 3.8) is 0 Å². The number of nitrogens with one attached hydrogen (secondary N) is 1. The van der Waals surface area contributed by atoms with E-state index >= 15 is 0 Å². The van der Waals surface area contributed by atoms with Crippen molar-refractivity contribution in [1.82, 2.24) is 4.98 Å². The third-order valence-corrected chi connectivity index (χ3v) is 3.29. The molecule has 1 aromatic heterocycles. The number of aromatic amines is 1. The van der Waals surface area contributed by atoms with Crippen molar-refractivity contribution in [1.29, 1.82) is 0 Å². The van der Waals surface area contributed by atoms with Crippen LogP contribution in [0, 0.1) is 0 Å². The van der Waals surface area contributed by atoms with Crippen LogP contribution in [0.25, 0.3) is 0 Å². The standard InChI is InChI=1S/C18H17N/c1-3-7-15(8-4-1)11-17-13-18(19-14-17)12-16-9-5-2-6-10-16/h1-10,13-14,19H,11-12H2. The summed E-state index contributed by atoms with van der Waals surface area (Å²) >= 11 is 0. The Morgan fingerprint density at radius 1 is 0.632 bits per heavy atom. The molecule has 0 aliphatic rings. The van der Waals surface area contributed by atoms with Crippen LogP contribution < -0.4 is 0 Å². The molecule has 1 nitrogen and oxygen atoms in total. The van der Waals surface area contributed by atoms with Gasteiger partial charge in [-0.15, -0.1) is 0 Å². The van der Waals surface area contributed by atoms with E-state index in [4.69, 9.17) is 0 Å². The molecule has 1 heterocycles. The van der Waals surface area contributed by atoms with Crippen LogP contribution >= 0.6 is 0 Å². The van der Waals surface area contributed by atoms with E-state index in [1.807, 2.05) is 0 Å². The first kappa shape index (κ1) is 11.8. The van der Waals surface area contributed by atoms with Gasteiger partial charge in [0.05, 0.1) is 0 Å². The Labute approximate surface area is 113 Å². The van der Waals surface area contributed by atoms with Crippen molar-refractivity contribution in [2.24, 2.45) is 0 Å². The molecule has 0 atom stereocenters. The van der Waals surface area contributed by atoms with E-state index in [2.05, 4.69) is 77.9 Å². The Morgan fingerprint density at radius 2 is 1.21 bits per heavy atom. The van der Waals surface area contributed by atoms with Gasteiger partial charge in [0.1, 0.15) is 0 Å². The summed E-state index contributed by atoms with van der Waals surface area (Å²) in [7, 11) is 0. The molecule has 0 amide bonds. The number of rotatable bonds is 4. The molecule has 94 valence electrons. The van der Waals surface area contributed by atoms with Gasteiger partial charge < -0.3 is 4.98 Å². The minimum atomic E-state index is 0.968. The maximum atomic E-state index is 3.37. The minimum absolute atomic E-state index is 0.968. The molecule has 0 spiro atoms. The van der Waals surface area contributed by atoms with Crippen LogP contribution in [-0.2, 0) is 12.8 Å². The summed E-state index contributed by atoms with van der Waals surface area (Å²) in [5.74, 6) is 0. The lowest BCUT2D eigenvalue weighted by Crippen LogP contribution is -1.87. The highest BCUT2D eigenvalue weighted by Gasteiger charge is 2.01. The van der Waals surface area contributed by atoms with Crippen molar-refractivity contribution in [3.8, 4) is 0 Å². The average Bonchev–Trinajstić information content (AvgIpc) is 2.88. The van der Waals surface area contributed by atoms with E-state index in [1.54, 1.807) is 0 Å². The van der Waals surface area contributed by atoms with Gasteiger partial charge >= 0.3 is 0 Å². The Bertz CT molecular complexity index is 567. The zero-order valence-corrected chi connectivity index (χ0v) is 10.8. The van der Waals surface area contributed by atoms with Gasteiger partial charge in [-0.05, 0) is 29.2 Å². The fourth-order valence-electron chi connectivity index (χ4n) is 2.34. The van der Waals surface area contributed by atoms with Crippen LogP contribution in [0.15, 0.2) is 72.9 Å². The first-order valence-corrected chi connectivity index (χ1v) is 6.64. The largest absolute Gasteiger partial charge is 0.364 e. The molecular weight excluding hydrogens is 230 g/mol. The van der Waals surface area contributed by atoms with Crippen molar-refractivity contribution in [2.75, 3.05) is 0 Å². The number of hydrogen-bond donors (Lipinski definition) is 1. The number of H-pyrrole nitrogens is 1. The maximum Gasteiger partial charge on any atom is 0.0194 e. The van der Waals surface area contributed by atoms with E-state index in [1.165, 1.54) is 22.4 Å². The summed E-state index contributed by atoms with van der Waals surface area (Å²) < 4.78 is 0. The first-order chi connectivity index (χ1) is 9.40. The van der Waals surface area contributed by atoms with Crippen LogP contribution in [0.5, 0.6) is 0 Å². The third-order valence-electron chi connectivity index (χ3n) is 3.29. The van der Waals surface area contributed by atoms with Crippen molar-refractivity contribution < 1.29 is 0 Å². The second-order valence-corrected chi connectivity index (χ2v) is 4.86. The average molecular weight is 247 g/mol. The summed E-state index contributed by atoms with van der Waals surface area (Å²) in [5, 5.41) is 0. The molecule has 3 rings (SSSR count). The lowest BCUT2D eigenvalue weighted by Gasteiger charge is -1.98. The highest BCUT2D eigenvalue weighted by Crippen LogP contribution is 2.13. The molecule has 19 heavy (non-hydrogen) atoms. The monoisotopic (exact) mass is 247 g/mol. The van der Waals surface area contributed by atoms with Gasteiger partial charge in [0.2, 0.25) is 0 Å². The molecule has 0 saturated carbocycles. The van der Waals surface area contributed by atoms with Crippen LogP contribution in [0.1, 0.15) is 22.4 Å². The van der Waals surface area contributed by atoms with E-state index in [0.717, 1.165) is 12.8 Å². The first-order valence-electron chi connectivity index (χ1n) is 6.64. The Kier molecular flexibility index (Phi) is 3.46. The highest BCUT2D eigenvalue weighted by atomic mass is 14.7. The number of hydrogen-bond acceptors (Lipinski definition) is 0. The van der Waals surface area contributed by atoms with E-state index < -0.39 is 0 Å². The van der Waals surface area contributed by atoms with Crippen molar-refractivity contribution in [2.45, 2.75) is 12.8 Å². The zero-order valence-electron chi connectivity index (χ0n) is 10.8. The topological polar surface area (TPSA) is 15.8 Å². The number of benzene rings is 2. The van der Waals surface area contributed by atoms with Crippen LogP contribution in [0.3, 0.4) is 0 Å². The summed E-state index contributed by atoms with van der Waals surface area (Å²) in [6.45, 7) is 0. The smallest absolute Gasteiger partial charge is 0.0194 e. The molecular formula is C18H17N. The molecule has 3 aromatic rings. The normalized spacial score (nSPS) is 10.5. The zero-order chi connectivity index (χ0) is 12.9. The van der Waals surface area contributed by atoms with Gasteiger partial charge in [0.15, 0.2) is 0 Å². The second-order valence-electron chi connectivity index (χ2n) is 4.86. The van der Waals surface area contributed by atoms with Gasteiger partial charge in [0.25, 0.3) is 0 Å². The third kappa shape index (κ3) is 3.14. The quantitative estimate of drug-likeness (QED) is 0.711. The van der Waals surface area contributed by atoms with Gasteiger partial charge in [-0.25, -0.2) is 0 Å². The van der Waals surface area contributed by atoms with E-state index in [-0.39, 0.29) is 0 Å². The van der Waals surface area contributed by atoms with Crippen LogP contribution in [0.4, 0.5) is 0 Å². The minimum Gasteiger partial charge on any atom is -0.364 e. The SMILES string of the molecule is c1ccc(Cc2c[nH]c(Cc3ccccc3)c2)cc1. The number of aromatic nitrogens is 1. The Hall–Kier alpha value is -2.28. The summed E-state index contributed by atoms with van der Waals surface area (Å²) in [5.41, 5.74) is 5.32. The molecule has 2 aromatic carbocycles. The summed E-state index contributed by atoms with van der Waals surface area (Å²) in [6, 6.07) is 23.4. The lowest BCUT2D eigenvalue weighted by atomic mass is 10.1. The molecule has 0 fully saturated rings. The van der Waals surface area contributed by atoms with E-state index in [9.17, 15) is 0 Å². The van der Waals surface area contributed by atoms with Gasteiger partial charge in [-0.3, -0.25) is 0 Å². The van der Waals surface area contributed by atoms with Crippen molar-refractivity contribution >= 4 is 0 Å². The van der Waals surface area contributed by atoms with Crippen LogP contribution in [0.2, 0.25) is 0 Å². The van der Waals surface area contributed by atoms with Crippen LogP contribution in [-0.4, -0.2) is 4.98 Å². The van der Waals surface area contributed by atoms with Crippen molar-refractivity contribution in [3.05, 3.63) is 95.3 Å². The van der Waals surface area contributed by atoms with E-state index in [0.29, 0.717) is 0 Å². The molecule has 0 bridgehead atoms. The summed E-state index contributed by atoms with van der Waals surface area (Å²) in [6.07, 6.45) is 4.08. The fraction of sp³-hybridized carbons (Fsp3) is 0.111. The molecule has 1 N–H and O–H groups in total. The van der Waals surface area contributed by atoms with Gasteiger partial charge in [-0.1, -0.05) is 60.7 Å². The Morgan fingerprint density at radius 3 is 1.84 bits per heavy atom. The highest BCUT2D eigenvalue weighted by molar-refractivity contribution is 5.29. The summed E-state index contributed by atoms with van der Waals surface area (Å²) in [4.78, 5) is 3.37. The molecule has 0 radical (unpaired) electrons. The molecule has 0 unspecified atom stereocenters. The van der Waals surface area contributed by atoms with Gasteiger partial charge in [0, 0.05) is 18.3 Å². The molecule has 1 heteroatoms. The fourth-order valence-corrected chi connectivity index (χ4v) is 2.34. The molecule has 0 saturated heterocycles. The predicted molar refractivity (Wildman–Crippen MR) is 79.3 cm³/mol. The maximum absolute atomic E-state index is 3.37.